The molecule has 10 heteroatoms. The third-order valence-electron chi connectivity index (χ3n) is 3.91. The zero-order chi connectivity index (χ0) is 19.8. The summed E-state index contributed by atoms with van der Waals surface area (Å²) in [6.07, 6.45) is 0. The van der Waals surface area contributed by atoms with Crippen LogP contribution >= 0.6 is 0 Å². The van der Waals surface area contributed by atoms with Crippen LogP contribution in [0.1, 0.15) is 5.56 Å². The van der Waals surface area contributed by atoms with E-state index in [4.69, 9.17) is 9.47 Å². The first kappa shape index (κ1) is 18.5. The van der Waals surface area contributed by atoms with Crippen molar-refractivity contribution in [2.45, 2.75) is 11.8 Å². The van der Waals surface area contributed by atoms with Gasteiger partial charge in [-0.3, -0.25) is 14.3 Å². The molecule has 27 heavy (non-hydrogen) atoms. The first-order chi connectivity index (χ1) is 12.7. The molecule has 0 fully saturated rings. The Morgan fingerprint density at radius 2 is 1.37 bits per heavy atom. The minimum absolute atomic E-state index is 0.0421. The monoisotopic (exact) mass is 391 g/mol. The number of methoxy groups -OCH3 is 2. The number of anilines is 1. The van der Waals surface area contributed by atoms with Crippen LogP contribution < -0.4 is 25.3 Å². The van der Waals surface area contributed by atoms with Gasteiger partial charge in [-0.1, -0.05) is 0 Å². The molecule has 0 aliphatic carbocycles. The van der Waals surface area contributed by atoms with E-state index in [9.17, 15) is 18.0 Å². The first-order valence-corrected chi connectivity index (χ1v) is 9.24. The number of nitrogens with one attached hydrogen (secondary N) is 3. The molecule has 9 nitrogen and oxygen atoms in total. The SMILES string of the molecule is COc1cc(NS(=O)(=O)c2cc3[nH]c(=O)c(=O)[nH]c3cc2C)cc(OC)c1. The van der Waals surface area contributed by atoms with Gasteiger partial charge in [-0.25, -0.2) is 8.42 Å². The second kappa shape index (κ2) is 6.80. The Hall–Kier alpha value is -3.27. The highest BCUT2D eigenvalue weighted by Crippen LogP contribution is 2.28. The Kier molecular flexibility index (Phi) is 4.66. The van der Waals surface area contributed by atoms with E-state index < -0.39 is 21.1 Å². The highest BCUT2D eigenvalue weighted by Gasteiger charge is 2.19. The number of hydrogen-bond donors (Lipinski definition) is 3. The zero-order valence-corrected chi connectivity index (χ0v) is 15.6. The van der Waals surface area contributed by atoms with Crippen LogP contribution in [-0.2, 0) is 10.0 Å². The maximum absolute atomic E-state index is 12.9. The molecule has 0 unspecified atom stereocenters. The van der Waals surface area contributed by atoms with Gasteiger partial charge in [0.25, 0.3) is 10.0 Å². The molecular weight excluding hydrogens is 374 g/mol. The van der Waals surface area contributed by atoms with Crippen LogP contribution in [0.4, 0.5) is 5.69 Å². The predicted octanol–water partition coefficient (Wildman–Crippen LogP) is 1.34. The molecule has 0 aliphatic rings. The molecule has 142 valence electrons. The van der Waals surface area contributed by atoms with Gasteiger partial charge in [-0.2, -0.15) is 0 Å². The van der Waals surface area contributed by atoms with Crippen molar-refractivity contribution in [1.29, 1.82) is 0 Å². The third-order valence-corrected chi connectivity index (χ3v) is 5.43. The fraction of sp³-hybridized carbons (Fsp3) is 0.176. The van der Waals surface area contributed by atoms with Crippen molar-refractivity contribution < 1.29 is 17.9 Å². The molecule has 3 aromatic rings. The lowest BCUT2D eigenvalue weighted by molar-refractivity contribution is 0.395. The van der Waals surface area contributed by atoms with Crippen molar-refractivity contribution >= 4 is 26.7 Å². The van der Waals surface area contributed by atoms with Gasteiger partial charge >= 0.3 is 11.1 Å². The largest absolute Gasteiger partial charge is 0.497 e. The Balaban J connectivity index is 2.09. The van der Waals surface area contributed by atoms with E-state index >= 15 is 0 Å². The van der Waals surface area contributed by atoms with E-state index in [0.29, 0.717) is 22.6 Å². The van der Waals surface area contributed by atoms with E-state index in [1.54, 1.807) is 13.0 Å². The molecule has 0 aliphatic heterocycles. The molecule has 0 amide bonds. The Bertz CT molecular complexity index is 1220. The molecule has 0 saturated heterocycles. The second-order valence-electron chi connectivity index (χ2n) is 5.78. The normalized spacial score (nSPS) is 11.4. The molecule has 3 rings (SSSR count). The number of H-pyrrole nitrogens is 2. The maximum Gasteiger partial charge on any atom is 0.314 e. The number of ether oxygens (including phenoxy) is 2. The van der Waals surface area contributed by atoms with Crippen LogP contribution in [0.5, 0.6) is 11.5 Å². The quantitative estimate of drug-likeness (QED) is 0.563. The number of aromatic amines is 2. The molecule has 1 heterocycles. The van der Waals surface area contributed by atoms with Crippen LogP contribution in [0.25, 0.3) is 11.0 Å². The number of benzene rings is 2. The van der Waals surface area contributed by atoms with E-state index in [1.165, 1.54) is 38.5 Å². The van der Waals surface area contributed by atoms with Crippen LogP contribution in [-0.4, -0.2) is 32.6 Å². The summed E-state index contributed by atoms with van der Waals surface area (Å²) >= 11 is 0. The molecule has 0 bridgehead atoms. The average molecular weight is 391 g/mol. The molecule has 0 atom stereocenters. The minimum atomic E-state index is -3.98. The van der Waals surface area contributed by atoms with Crippen LogP contribution in [0.2, 0.25) is 0 Å². The number of rotatable bonds is 5. The van der Waals surface area contributed by atoms with E-state index in [0.717, 1.165) is 0 Å². The van der Waals surface area contributed by atoms with Gasteiger partial charge < -0.3 is 19.4 Å². The van der Waals surface area contributed by atoms with Gasteiger partial charge in [0, 0.05) is 18.2 Å². The molecule has 1 aromatic heterocycles. The van der Waals surface area contributed by atoms with Crippen LogP contribution in [0.3, 0.4) is 0 Å². The second-order valence-corrected chi connectivity index (χ2v) is 7.43. The molecule has 2 aromatic carbocycles. The predicted molar refractivity (Wildman–Crippen MR) is 100 cm³/mol. The zero-order valence-electron chi connectivity index (χ0n) is 14.7. The highest BCUT2D eigenvalue weighted by atomic mass is 32.2. The van der Waals surface area contributed by atoms with Gasteiger partial charge in [-0.15, -0.1) is 0 Å². The number of fused-ring (bicyclic) bond motifs is 1. The van der Waals surface area contributed by atoms with Crippen molar-refractivity contribution in [2.75, 3.05) is 18.9 Å². The molecule has 0 saturated carbocycles. The average Bonchev–Trinajstić information content (AvgIpc) is 2.61. The summed E-state index contributed by atoms with van der Waals surface area (Å²) in [5, 5.41) is 0. The summed E-state index contributed by atoms with van der Waals surface area (Å²) in [5.74, 6) is 0.841. The summed E-state index contributed by atoms with van der Waals surface area (Å²) in [4.78, 5) is 27.7. The standard InChI is InChI=1S/C17H17N3O6S/c1-9-4-13-14(19-17(22)16(21)18-13)8-15(9)27(23,24)20-10-5-11(25-2)7-12(6-10)26-3/h4-8,20H,1-3H3,(H,18,21)(H,19,22). The van der Waals surface area contributed by atoms with E-state index in [-0.39, 0.29) is 16.1 Å². The maximum atomic E-state index is 12.9. The van der Waals surface area contributed by atoms with E-state index in [1.807, 2.05) is 0 Å². The van der Waals surface area contributed by atoms with Crippen molar-refractivity contribution in [3.8, 4) is 11.5 Å². The Labute approximate surface area is 154 Å². The van der Waals surface area contributed by atoms with E-state index in [2.05, 4.69) is 14.7 Å². The smallest absolute Gasteiger partial charge is 0.314 e. The van der Waals surface area contributed by atoms with Gasteiger partial charge in [0.05, 0.1) is 35.8 Å². The fourth-order valence-corrected chi connectivity index (χ4v) is 3.91. The minimum Gasteiger partial charge on any atom is -0.497 e. The lowest BCUT2D eigenvalue weighted by Gasteiger charge is -2.13. The molecular formula is C17H17N3O6S. The van der Waals surface area contributed by atoms with Crippen LogP contribution in [0.15, 0.2) is 44.8 Å². The first-order valence-electron chi connectivity index (χ1n) is 7.76. The fourth-order valence-electron chi connectivity index (χ4n) is 2.62. The van der Waals surface area contributed by atoms with Crippen molar-refractivity contribution in [3.63, 3.8) is 0 Å². The number of sulfonamides is 1. The molecule has 0 radical (unpaired) electrons. The molecule has 0 spiro atoms. The number of hydrogen-bond acceptors (Lipinski definition) is 6. The Morgan fingerprint density at radius 1 is 0.852 bits per heavy atom. The lowest BCUT2D eigenvalue weighted by atomic mass is 10.2. The summed E-state index contributed by atoms with van der Waals surface area (Å²) < 4.78 is 38.5. The number of aryl methyl sites for hydroxylation is 1. The van der Waals surface area contributed by atoms with Crippen LogP contribution in [0, 0.1) is 6.92 Å². The lowest BCUT2D eigenvalue weighted by Crippen LogP contribution is -2.29. The summed E-state index contributed by atoms with van der Waals surface area (Å²) in [5.41, 5.74) is -0.486. The van der Waals surface area contributed by atoms with Gasteiger partial charge in [-0.05, 0) is 24.6 Å². The summed E-state index contributed by atoms with van der Waals surface area (Å²) in [6, 6.07) is 7.40. The summed E-state index contributed by atoms with van der Waals surface area (Å²) in [6.45, 7) is 1.59. The van der Waals surface area contributed by atoms with Crippen molar-refractivity contribution in [1.82, 2.24) is 9.97 Å². The molecule has 3 N–H and O–H groups in total. The Morgan fingerprint density at radius 3 is 1.89 bits per heavy atom. The topological polar surface area (TPSA) is 130 Å². The van der Waals surface area contributed by atoms with Gasteiger partial charge in [0.1, 0.15) is 11.5 Å². The summed E-state index contributed by atoms with van der Waals surface area (Å²) in [7, 11) is -1.07. The van der Waals surface area contributed by atoms with Crippen molar-refractivity contribution in [3.05, 3.63) is 56.6 Å². The number of aromatic nitrogens is 2. The van der Waals surface area contributed by atoms with Gasteiger partial charge in [0.15, 0.2) is 0 Å². The highest BCUT2D eigenvalue weighted by molar-refractivity contribution is 7.92. The third kappa shape index (κ3) is 3.65. The van der Waals surface area contributed by atoms with Crippen molar-refractivity contribution in [2.24, 2.45) is 0 Å². The van der Waals surface area contributed by atoms with Gasteiger partial charge in [0.2, 0.25) is 0 Å².